The summed E-state index contributed by atoms with van der Waals surface area (Å²) < 4.78 is 18.3. The predicted octanol–water partition coefficient (Wildman–Crippen LogP) is 2.92. The maximum absolute atomic E-state index is 14.1. The molecule has 148 valence electrons. The lowest BCUT2D eigenvalue weighted by Crippen LogP contribution is -2.46. The molecular formula is C18H25Cl2FN6. The minimum Gasteiger partial charge on any atom is -0.337 e. The largest absolute Gasteiger partial charge is 0.337 e. The minimum atomic E-state index is -0.257. The van der Waals surface area contributed by atoms with E-state index in [-0.39, 0.29) is 36.7 Å². The van der Waals surface area contributed by atoms with Gasteiger partial charge in [-0.2, -0.15) is 0 Å². The summed E-state index contributed by atoms with van der Waals surface area (Å²) in [6.45, 7) is 6.22. The Bertz CT molecular complexity index is 893. The normalized spacial score (nSPS) is 17.5. The molecule has 1 unspecified atom stereocenters. The summed E-state index contributed by atoms with van der Waals surface area (Å²) in [5.41, 5.74) is 1.32. The van der Waals surface area contributed by atoms with Crippen LogP contribution < -0.4 is 5.32 Å². The average molecular weight is 415 g/mol. The fourth-order valence-electron chi connectivity index (χ4n) is 3.70. The van der Waals surface area contributed by atoms with Gasteiger partial charge in [-0.25, -0.2) is 14.4 Å². The van der Waals surface area contributed by atoms with Crippen molar-refractivity contribution in [1.29, 1.82) is 0 Å². The summed E-state index contributed by atoms with van der Waals surface area (Å²) in [7, 11) is 2.02. The monoisotopic (exact) mass is 414 g/mol. The lowest BCUT2D eigenvalue weighted by Gasteiger charge is -2.35. The molecule has 1 aromatic carbocycles. The Labute approximate surface area is 170 Å². The smallest absolute Gasteiger partial charge is 0.151 e. The maximum atomic E-state index is 14.1. The van der Waals surface area contributed by atoms with Crippen LogP contribution in [0.25, 0.3) is 11.0 Å². The molecule has 1 saturated heterocycles. The number of fused-ring (bicyclic) bond motifs is 1. The van der Waals surface area contributed by atoms with E-state index < -0.39 is 0 Å². The number of imidazole rings is 2. The molecule has 1 N–H and O–H groups in total. The molecule has 27 heavy (non-hydrogen) atoms. The second-order valence-corrected chi connectivity index (χ2v) is 6.47. The lowest BCUT2D eigenvalue weighted by molar-refractivity contribution is 0.139. The van der Waals surface area contributed by atoms with Crippen molar-refractivity contribution in [2.75, 3.05) is 19.6 Å². The first-order valence-corrected chi connectivity index (χ1v) is 8.74. The third-order valence-electron chi connectivity index (χ3n) is 4.98. The highest BCUT2D eigenvalue weighted by atomic mass is 35.5. The molecule has 1 aliphatic heterocycles. The van der Waals surface area contributed by atoms with Crippen LogP contribution in [-0.2, 0) is 20.1 Å². The van der Waals surface area contributed by atoms with Crippen LogP contribution in [0, 0.1) is 5.82 Å². The van der Waals surface area contributed by atoms with Crippen LogP contribution in [0.3, 0.4) is 0 Å². The molecule has 1 atom stereocenters. The Morgan fingerprint density at radius 1 is 1.30 bits per heavy atom. The number of piperazine rings is 1. The summed E-state index contributed by atoms with van der Waals surface area (Å²) in [6.07, 6.45) is 3.80. The molecular weight excluding hydrogens is 390 g/mol. The summed E-state index contributed by atoms with van der Waals surface area (Å²) >= 11 is 0. The number of para-hydroxylation sites is 1. The zero-order valence-corrected chi connectivity index (χ0v) is 17.1. The average Bonchev–Trinajstić information content (AvgIpc) is 3.19. The fraction of sp³-hybridized carbons (Fsp3) is 0.444. The van der Waals surface area contributed by atoms with Gasteiger partial charge < -0.3 is 14.5 Å². The van der Waals surface area contributed by atoms with Gasteiger partial charge in [-0.3, -0.25) is 4.90 Å². The summed E-state index contributed by atoms with van der Waals surface area (Å²) in [6, 6.07) is 5.34. The van der Waals surface area contributed by atoms with Crippen molar-refractivity contribution >= 4 is 35.8 Å². The van der Waals surface area contributed by atoms with Gasteiger partial charge in [-0.05, 0) is 19.1 Å². The molecule has 1 aliphatic rings. The molecule has 0 saturated carbocycles. The summed E-state index contributed by atoms with van der Waals surface area (Å²) in [5, 5.41) is 3.45. The van der Waals surface area contributed by atoms with Gasteiger partial charge in [-0.1, -0.05) is 6.07 Å². The highest BCUT2D eigenvalue weighted by Crippen LogP contribution is 2.25. The van der Waals surface area contributed by atoms with Gasteiger partial charge in [0.25, 0.3) is 0 Å². The second-order valence-electron chi connectivity index (χ2n) is 6.47. The van der Waals surface area contributed by atoms with E-state index in [2.05, 4.69) is 36.2 Å². The van der Waals surface area contributed by atoms with E-state index in [1.807, 2.05) is 25.5 Å². The number of nitrogens with one attached hydrogen (secondary N) is 1. The van der Waals surface area contributed by atoms with Crippen molar-refractivity contribution in [1.82, 2.24) is 29.3 Å². The fourth-order valence-corrected chi connectivity index (χ4v) is 3.70. The molecule has 0 aliphatic carbocycles. The van der Waals surface area contributed by atoms with E-state index >= 15 is 0 Å². The number of aromatic nitrogens is 4. The SMILES string of the molecule is CCn1c(CN2CCNCC2c2nccn2C)nc2c(F)cccc21.Cl.Cl. The Kier molecular flexibility index (Phi) is 7.22. The Morgan fingerprint density at radius 2 is 2.11 bits per heavy atom. The van der Waals surface area contributed by atoms with Crippen LogP contribution in [0.2, 0.25) is 0 Å². The highest BCUT2D eigenvalue weighted by Gasteiger charge is 2.28. The van der Waals surface area contributed by atoms with Crippen LogP contribution >= 0.6 is 24.8 Å². The van der Waals surface area contributed by atoms with Gasteiger partial charge >= 0.3 is 0 Å². The van der Waals surface area contributed by atoms with E-state index in [1.54, 1.807) is 6.07 Å². The first-order chi connectivity index (χ1) is 12.2. The quantitative estimate of drug-likeness (QED) is 0.712. The first kappa shape index (κ1) is 21.6. The number of rotatable bonds is 4. The van der Waals surface area contributed by atoms with Crippen LogP contribution in [0.4, 0.5) is 4.39 Å². The van der Waals surface area contributed by atoms with Crippen molar-refractivity contribution in [2.24, 2.45) is 7.05 Å². The van der Waals surface area contributed by atoms with E-state index in [9.17, 15) is 4.39 Å². The van der Waals surface area contributed by atoms with Gasteiger partial charge in [0.05, 0.1) is 18.1 Å². The summed E-state index contributed by atoms with van der Waals surface area (Å²) in [4.78, 5) is 11.5. The van der Waals surface area contributed by atoms with Gasteiger partial charge in [-0.15, -0.1) is 24.8 Å². The van der Waals surface area contributed by atoms with Crippen LogP contribution in [0.15, 0.2) is 30.6 Å². The predicted molar refractivity (Wildman–Crippen MR) is 109 cm³/mol. The first-order valence-electron chi connectivity index (χ1n) is 8.74. The molecule has 4 rings (SSSR count). The van der Waals surface area contributed by atoms with Crippen molar-refractivity contribution in [3.05, 3.63) is 48.1 Å². The molecule has 0 amide bonds. The Hall–Kier alpha value is -1.67. The molecule has 2 aromatic heterocycles. The zero-order valence-electron chi connectivity index (χ0n) is 15.4. The number of nitrogens with zero attached hydrogens (tertiary/aromatic N) is 5. The van der Waals surface area contributed by atoms with E-state index in [0.29, 0.717) is 12.1 Å². The Morgan fingerprint density at radius 3 is 2.81 bits per heavy atom. The van der Waals surface area contributed by atoms with Crippen molar-refractivity contribution < 1.29 is 4.39 Å². The number of halogens is 3. The summed E-state index contributed by atoms with van der Waals surface area (Å²) in [5.74, 6) is 1.69. The highest BCUT2D eigenvalue weighted by molar-refractivity contribution is 5.85. The molecule has 3 heterocycles. The van der Waals surface area contributed by atoms with E-state index in [1.165, 1.54) is 6.07 Å². The van der Waals surface area contributed by atoms with Crippen molar-refractivity contribution in [3.63, 3.8) is 0 Å². The van der Waals surface area contributed by atoms with E-state index in [0.717, 1.165) is 43.3 Å². The van der Waals surface area contributed by atoms with Gasteiger partial charge in [0, 0.05) is 45.6 Å². The molecule has 3 aromatic rings. The molecule has 6 nitrogen and oxygen atoms in total. The molecule has 0 radical (unpaired) electrons. The minimum absolute atomic E-state index is 0. The molecule has 9 heteroatoms. The van der Waals surface area contributed by atoms with E-state index in [4.69, 9.17) is 0 Å². The van der Waals surface area contributed by atoms with Crippen LogP contribution in [0.1, 0.15) is 24.6 Å². The number of hydrogen-bond donors (Lipinski definition) is 1. The second kappa shape index (κ2) is 9.01. The standard InChI is InChI=1S/C18H23FN6.2ClH/c1-3-25-14-6-4-5-13(19)17(14)22-16(25)12-24-10-7-20-11-15(24)18-21-8-9-23(18)2;;/h4-6,8-9,15,20H,3,7,10-12H2,1-2H3;2*1H. The van der Waals surface area contributed by atoms with Crippen molar-refractivity contribution in [3.8, 4) is 0 Å². The molecule has 1 fully saturated rings. The number of hydrogen-bond acceptors (Lipinski definition) is 4. The molecule has 0 spiro atoms. The van der Waals surface area contributed by atoms with Crippen molar-refractivity contribution in [2.45, 2.75) is 26.1 Å². The topological polar surface area (TPSA) is 50.9 Å². The molecule has 0 bridgehead atoms. The van der Waals surface area contributed by atoms with Gasteiger partial charge in [0.15, 0.2) is 5.82 Å². The number of benzene rings is 1. The number of aryl methyl sites for hydroxylation is 2. The Balaban J connectivity index is 0.00000131. The van der Waals surface area contributed by atoms with Crippen LogP contribution in [0.5, 0.6) is 0 Å². The maximum Gasteiger partial charge on any atom is 0.151 e. The third-order valence-corrected chi connectivity index (χ3v) is 4.98. The lowest BCUT2D eigenvalue weighted by atomic mass is 10.1. The van der Waals surface area contributed by atoms with Gasteiger partial charge in [0.1, 0.15) is 17.2 Å². The third kappa shape index (κ3) is 3.96. The van der Waals surface area contributed by atoms with Gasteiger partial charge in [0.2, 0.25) is 0 Å². The van der Waals surface area contributed by atoms with Crippen LogP contribution in [-0.4, -0.2) is 43.6 Å². The zero-order chi connectivity index (χ0) is 17.4.